The molecule has 0 radical (unpaired) electrons. The van der Waals surface area contributed by atoms with Crippen molar-refractivity contribution in [3.8, 4) is 11.5 Å². The molecule has 0 fully saturated rings. The highest BCUT2D eigenvalue weighted by Gasteiger charge is 2.14. The van der Waals surface area contributed by atoms with E-state index in [1.807, 2.05) is 55.5 Å². The number of benzene rings is 3. The molecule has 0 aliphatic rings. The van der Waals surface area contributed by atoms with E-state index in [9.17, 15) is 4.79 Å². The lowest BCUT2D eigenvalue weighted by Crippen LogP contribution is -2.02. The molecule has 0 aliphatic heterocycles. The molecule has 1 aromatic heterocycles. The van der Waals surface area contributed by atoms with E-state index in [2.05, 4.69) is 6.92 Å². The molecule has 3 aromatic carbocycles. The number of aryl methyl sites for hydroxylation is 2. The van der Waals surface area contributed by atoms with Crippen LogP contribution in [0.25, 0.3) is 21.7 Å². The molecule has 0 bridgehead atoms. The Hall–Kier alpha value is -3.27. The number of fused-ring (bicyclic) bond motifs is 3. The molecule has 4 nitrogen and oxygen atoms in total. The first-order valence-corrected chi connectivity index (χ1v) is 9.35. The second-order valence-electron chi connectivity index (χ2n) is 6.90. The summed E-state index contributed by atoms with van der Waals surface area (Å²) < 4.78 is 17.1. The van der Waals surface area contributed by atoms with Crippen molar-refractivity contribution in [3.63, 3.8) is 0 Å². The van der Waals surface area contributed by atoms with Crippen LogP contribution >= 0.6 is 0 Å². The third-order valence-corrected chi connectivity index (χ3v) is 4.99. The normalized spacial score (nSPS) is 11.1. The van der Waals surface area contributed by atoms with Crippen LogP contribution in [0.5, 0.6) is 11.5 Å². The predicted molar refractivity (Wildman–Crippen MR) is 111 cm³/mol. The van der Waals surface area contributed by atoms with Crippen molar-refractivity contribution in [2.45, 2.75) is 26.9 Å². The van der Waals surface area contributed by atoms with Crippen molar-refractivity contribution in [1.29, 1.82) is 0 Å². The van der Waals surface area contributed by atoms with Gasteiger partial charge < -0.3 is 13.9 Å². The van der Waals surface area contributed by atoms with Crippen LogP contribution in [0, 0.1) is 6.92 Å². The largest absolute Gasteiger partial charge is 0.493 e. The molecule has 0 saturated carbocycles. The van der Waals surface area contributed by atoms with Gasteiger partial charge in [0.25, 0.3) is 0 Å². The van der Waals surface area contributed by atoms with Crippen LogP contribution in [-0.4, -0.2) is 7.11 Å². The molecule has 4 aromatic rings. The zero-order chi connectivity index (χ0) is 19.7. The van der Waals surface area contributed by atoms with Crippen molar-refractivity contribution in [2.24, 2.45) is 0 Å². The van der Waals surface area contributed by atoms with E-state index in [-0.39, 0.29) is 5.63 Å². The number of rotatable bonds is 5. The lowest BCUT2D eigenvalue weighted by atomic mass is 10.0. The molecule has 0 spiro atoms. The zero-order valence-electron chi connectivity index (χ0n) is 16.2. The Kier molecular flexibility index (Phi) is 4.78. The van der Waals surface area contributed by atoms with Gasteiger partial charge in [-0.1, -0.05) is 48.9 Å². The van der Waals surface area contributed by atoms with E-state index >= 15 is 0 Å². The van der Waals surface area contributed by atoms with Crippen LogP contribution in [0.2, 0.25) is 0 Å². The van der Waals surface area contributed by atoms with E-state index in [0.29, 0.717) is 29.1 Å². The Morgan fingerprint density at radius 1 is 0.857 bits per heavy atom. The monoisotopic (exact) mass is 374 g/mol. The van der Waals surface area contributed by atoms with Gasteiger partial charge in [0.2, 0.25) is 0 Å². The van der Waals surface area contributed by atoms with Gasteiger partial charge in [-0.2, -0.15) is 0 Å². The minimum absolute atomic E-state index is 0.340. The molecular formula is C24H22O4. The van der Waals surface area contributed by atoms with Crippen molar-refractivity contribution in [2.75, 3.05) is 7.11 Å². The summed E-state index contributed by atoms with van der Waals surface area (Å²) in [5.74, 6) is 1.15. The van der Waals surface area contributed by atoms with E-state index in [1.54, 1.807) is 13.2 Å². The van der Waals surface area contributed by atoms with Crippen molar-refractivity contribution in [1.82, 2.24) is 0 Å². The highest BCUT2D eigenvalue weighted by Crippen LogP contribution is 2.35. The first-order valence-electron chi connectivity index (χ1n) is 9.35. The summed E-state index contributed by atoms with van der Waals surface area (Å²) in [4.78, 5) is 12.5. The van der Waals surface area contributed by atoms with E-state index in [0.717, 1.165) is 28.3 Å². The zero-order valence-corrected chi connectivity index (χ0v) is 16.2. The maximum atomic E-state index is 12.5. The van der Waals surface area contributed by atoms with Gasteiger partial charge in [0.15, 0.2) is 11.5 Å². The van der Waals surface area contributed by atoms with Crippen molar-refractivity contribution in [3.05, 3.63) is 81.7 Å². The Bertz CT molecular complexity index is 1200. The van der Waals surface area contributed by atoms with Crippen LogP contribution in [0.1, 0.15) is 23.6 Å². The molecule has 142 valence electrons. The van der Waals surface area contributed by atoms with Crippen molar-refractivity contribution < 1.29 is 13.9 Å². The molecule has 0 unspecified atom stereocenters. The molecule has 4 rings (SSSR count). The Morgan fingerprint density at radius 3 is 2.32 bits per heavy atom. The standard InChI is InChI=1S/C24H22O4/c1-4-16-9-10-18-19-12-22(26-3)23(13-21(19)28-24(25)20(18)11-16)27-14-17-7-5-15(2)6-8-17/h5-13H,4,14H2,1-3H3. The molecule has 0 atom stereocenters. The molecule has 0 aliphatic carbocycles. The van der Waals surface area contributed by atoms with Crippen molar-refractivity contribution >= 4 is 21.7 Å². The lowest BCUT2D eigenvalue weighted by molar-refractivity contribution is 0.284. The van der Waals surface area contributed by atoms with E-state index in [1.165, 1.54) is 5.56 Å². The molecule has 0 N–H and O–H groups in total. The average Bonchev–Trinajstić information content (AvgIpc) is 2.72. The molecule has 0 amide bonds. The SMILES string of the molecule is CCc1ccc2c(c1)c(=O)oc1cc(OCc3ccc(C)cc3)c(OC)cc12. The van der Waals surface area contributed by atoms with Gasteiger partial charge >= 0.3 is 5.63 Å². The van der Waals surface area contributed by atoms with Crippen LogP contribution < -0.4 is 15.1 Å². The fourth-order valence-electron chi connectivity index (χ4n) is 3.32. The van der Waals surface area contributed by atoms with Crippen LogP contribution in [0.15, 0.2) is 63.8 Å². The van der Waals surface area contributed by atoms with Crippen LogP contribution in [-0.2, 0) is 13.0 Å². The second-order valence-corrected chi connectivity index (χ2v) is 6.90. The van der Waals surface area contributed by atoms with Gasteiger partial charge in [-0.3, -0.25) is 0 Å². The highest BCUT2D eigenvalue weighted by atomic mass is 16.5. The number of methoxy groups -OCH3 is 1. The fraction of sp³-hybridized carbons (Fsp3) is 0.208. The molecule has 0 saturated heterocycles. The van der Waals surface area contributed by atoms with Gasteiger partial charge in [-0.25, -0.2) is 4.79 Å². The highest BCUT2D eigenvalue weighted by molar-refractivity contribution is 6.05. The second kappa shape index (κ2) is 7.39. The summed E-state index contributed by atoms with van der Waals surface area (Å²) in [6.45, 7) is 4.51. The van der Waals surface area contributed by atoms with Gasteiger partial charge in [0, 0.05) is 16.8 Å². The maximum absolute atomic E-state index is 12.5. The fourth-order valence-corrected chi connectivity index (χ4v) is 3.32. The van der Waals surface area contributed by atoms with Crippen LogP contribution in [0.3, 0.4) is 0 Å². The first kappa shape index (κ1) is 18.1. The number of ether oxygens (including phenoxy) is 2. The first-order chi connectivity index (χ1) is 13.6. The summed E-state index contributed by atoms with van der Waals surface area (Å²) in [6.07, 6.45) is 0.864. The van der Waals surface area contributed by atoms with Gasteiger partial charge in [0.05, 0.1) is 12.5 Å². The summed E-state index contributed by atoms with van der Waals surface area (Å²) >= 11 is 0. The molecular weight excluding hydrogens is 352 g/mol. The minimum atomic E-state index is -0.340. The average molecular weight is 374 g/mol. The summed E-state index contributed by atoms with van der Waals surface area (Å²) in [5.41, 5.74) is 3.50. The number of hydrogen-bond donors (Lipinski definition) is 0. The lowest BCUT2D eigenvalue weighted by Gasteiger charge is -2.13. The van der Waals surface area contributed by atoms with Gasteiger partial charge in [-0.15, -0.1) is 0 Å². The van der Waals surface area contributed by atoms with Gasteiger partial charge in [-0.05, 0) is 36.6 Å². The van der Waals surface area contributed by atoms with E-state index in [4.69, 9.17) is 13.9 Å². The molecule has 1 heterocycles. The minimum Gasteiger partial charge on any atom is -0.493 e. The Balaban J connectivity index is 1.79. The quantitative estimate of drug-likeness (QED) is 0.346. The number of hydrogen-bond acceptors (Lipinski definition) is 4. The third-order valence-electron chi connectivity index (χ3n) is 4.99. The summed E-state index contributed by atoms with van der Waals surface area (Å²) in [6, 6.07) is 17.7. The smallest absolute Gasteiger partial charge is 0.344 e. The summed E-state index contributed by atoms with van der Waals surface area (Å²) in [7, 11) is 1.61. The Morgan fingerprint density at radius 2 is 1.61 bits per heavy atom. The van der Waals surface area contributed by atoms with Gasteiger partial charge in [0.1, 0.15) is 12.2 Å². The van der Waals surface area contributed by atoms with E-state index < -0.39 is 0 Å². The molecule has 28 heavy (non-hydrogen) atoms. The predicted octanol–water partition coefficient (Wildman–Crippen LogP) is 5.40. The Labute approximate surface area is 163 Å². The summed E-state index contributed by atoms with van der Waals surface area (Å²) in [5, 5.41) is 2.27. The topological polar surface area (TPSA) is 48.7 Å². The van der Waals surface area contributed by atoms with Crippen LogP contribution in [0.4, 0.5) is 0 Å². The molecule has 4 heteroatoms. The third kappa shape index (κ3) is 3.33. The maximum Gasteiger partial charge on any atom is 0.344 e.